The molecule has 34 heavy (non-hydrogen) atoms. The highest BCUT2D eigenvalue weighted by Gasteiger charge is 2.37. The molecule has 7 nitrogen and oxygen atoms in total. The first-order valence-electron chi connectivity index (χ1n) is 9.75. The molecule has 1 aliphatic rings. The van der Waals surface area contributed by atoms with Crippen LogP contribution in [-0.2, 0) is 0 Å². The molecule has 1 aliphatic heterocycles. The van der Waals surface area contributed by atoms with Crippen molar-refractivity contribution >= 4 is 51.6 Å². The molecule has 2 amide bonds. The number of aromatic nitrogens is 2. The van der Waals surface area contributed by atoms with Gasteiger partial charge in [-0.25, -0.2) is 8.78 Å². The average molecular weight is 498 g/mol. The summed E-state index contributed by atoms with van der Waals surface area (Å²) in [5, 5.41) is 21.9. The van der Waals surface area contributed by atoms with Gasteiger partial charge in [-0.05, 0) is 42.5 Å². The van der Waals surface area contributed by atoms with Gasteiger partial charge in [-0.1, -0.05) is 23.2 Å². The third kappa shape index (κ3) is 3.53. The first kappa shape index (κ1) is 21.8. The summed E-state index contributed by atoms with van der Waals surface area (Å²) in [6.45, 7) is 0. The van der Waals surface area contributed by atoms with Crippen molar-refractivity contribution in [3.63, 3.8) is 0 Å². The second kappa shape index (κ2) is 8.09. The number of anilines is 1. The SMILES string of the molecule is N#Cc1n[nH]c2c3c(c(NC(=O)c4cc(F)cc(Cl)c4)cc12)C(c1cc(F)ccc1Cl)NC3=O. The fraction of sp³-hybridized carbons (Fsp3) is 0.0435. The van der Waals surface area contributed by atoms with Gasteiger partial charge < -0.3 is 10.6 Å². The molecule has 0 aliphatic carbocycles. The summed E-state index contributed by atoms with van der Waals surface area (Å²) in [6, 6.07) is 9.51. The third-order valence-corrected chi connectivity index (χ3v) is 6.00. The number of H-pyrrole nitrogens is 1. The Morgan fingerprint density at radius 3 is 2.65 bits per heavy atom. The first-order valence-corrected chi connectivity index (χ1v) is 10.5. The Labute approximate surface area is 200 Å². The van der Waals surface area contributed by atoms with Crippen molar-refractivity contribution in [3.05, 3.63) is 92.1 Å². The topological polar surface area (TPSA) is 111 Å². The van der Waals surface area contributed by atoms with E-state index in [2.05, 4.69) is 20.8 Å². The van der Waals surface area contributed by atoms with Crippen LogP contribution in [0.1, 0.15) is 43.6 Å². The number of rotatable bonds is 3. The number of amides is 2. The minimum atomic E-state index is -0.921. The van der Waals surface area contributed by atoms with Crippen LogP contribution in [0.25, 0.3) is 10.9 Å². The molecule has 1 atom stereocenters. The quantitative estimate of drug-likeness (QED) is 0.365. The second-order valence-corrected chi connectivity index (χ2v) is 8.35. The fourth-order valence-corrected chi connectivity index (χ4v) is 4.47. The number of nitriles is 1. The van der Waals surface area contributed by atoms with Crippen molar-refractivity contribution in [1.82, 2.24) is 15.5 Å². The summed E-state index contributed by atoms with van der Waals surface area (Å²) in [5.41, 5.74) is 1.00. The van der Waals surface area contributed by atoms with Crippen molar-refractivity contribution in [2.75, 3.05) is 5.32 Å². The molecule has 5 rings (SSSR count). The zero-order chi connectivity index (χ0) is 24.1. The minimum Gasteiger partial charge on any atom is -0.341 e. The summed E-state index contributed by atoms with van der Waals surface area (Å²) in [7, 11) is 0. The van der Waals surface area contributed by atoms with Gasteiger partial charge in [-0.15, -0.1) is 0 Å². The number of benzene rings is 3. The van der Waals surface area contributed by atoms with Crippen LogP contribution in [0.3, 0.4) is 0 Å². The second-order valence-electron chi connectivity index (χ2n) is 7.50. The van der Waals surface area contributed by atoms with Crippen LogP contribution in [0.4, 0.5) is 14.5 Å². The highest BCUT2D eigenvalue weighted by Crippen LogP contribution is 2.42. The predicted molar refractivity (Wildman–Crippen MR) is 121 cm³/mol. The van der Waals surface area contributed by atoms with Crippen LogP contribution in [0, 0.1) is 23.0 Å². The lowest BCUT2D eigenvalue weighted by molar-refractivity contribution is 0.0960. The molecule has 168 valence electrons. The molecule has 0 fully saturated rings. The van der Waals surface area contributed by atoms with E-state index in [1.807, 2.05) is 6.07 Å². The molecule has 4 aromatic rings. The minimum absolute atomic E-state index is 0.00198. The van der Waals surface area contributed by atoms with Crippen LogP contribution in [0.5, 0.6) is 0 Å². The smallest absolute Gasteiger partial charge is 0.255 e. The number of carbonyl (C=O) groups excluding carboxylic acids is 2. The number of aromatic amines is 1. The molecule has 3 N–H and O–H groups in total. The summed E-state index contributed by atoms with van der Waals surface area (Å²) in [5.74, 6) is -2.53. The average Bonchev–Trinajstić information content (AvgIpc) is 3.35. The summed E-state index contributed by atoms with van der Waals surface area (Å²) < 4.78 is 27.9. The van der Waals surface area contributed by atoms with Crippen LogP contribution in [-0.4, -0.2) is 22.0 Å². The number of halogens is 4. The summed E-state index contributed by atoms with van der Waals surface area (Å²) in [6.07, 6.45) is 0. The Morgan fingerprint density at radius 2 is 1.91 bits per heavy atom. The van der Waals surface area contributed by atoms with Crippen LogP contribution in [0.15, 0.2) is 42.5 Å². The molecule has 1 unspecified atom stereocenters. The van der Waals surface area contributed by atoms with Crippen molar-refractivity contribution in [2.45, 2.75) is 6.04 Å². The number of carbonyl (C=O) groups is 2. The Kier molecular flexibility index (Phi) is 5.20. The Balaban J connectivity index is 1.73. The van der Waals surface area contributed by atoms with E-state index in [-0.39, 0.29) is 54.6 Å². The van der Waals surface area contributed by atoms with Gasteiger partial charge >= 0.3 is 0 Å². The normalized spacial score (nSPS) is 14.6. The van der Waals surface area contributed by atoms with Gasteiger partial charge in [-0.2, -0.15) is 10.4 Å². The molecule has 2 heterocycles. The highest BCUT2D eigenvalue weighted by atomic mass is 35.5. The third-order valence-electron chi connectivity index (χ3n) is 5.44. The molecule has 0 saturated carbocycles. The van der Waals surface area contributed by atoms with Crippen LogP contribution < -0.4 is 10.6 Å². The lowest BCUT2D eigenvalue weighted by atomic mass is 9.94. The van der Waals surface area contributed by atoms with E-state index in [0.717, 1.165) is 12.1 Å². The van der Waals surface area contributed by atoms with Gasteiger partial charge in [0.2, 0.25) is 0 Å². The number of fused-ring (bicyclic) bond motifs is 3. The van der Waals surface area contributed by atoms with E-state index in [0.29, 0.717) is 0 Å². The largest absolute Gasteiger partial charge is 0.341 e. The first-order chi connectivity index (χ1) is 16.3. The monoisotopic (exact) mass is 497 g/mol. The Bertz CT molecular complexity index is 1560. The molecule has 0 bridgehead atoms. The van der Waals surface area contributed by atoms with E-state index < -0.39 is 29.5 Å². The zero-order valence-corrected chi connectivity index (χ0v) is 18.4. The number of hydrogen-bond donors (Lipinski definition) is 3. The Hall–Kier alpha value is -4.00. The van der Waals surface area contributed by atoms with E-state index >= 15 is 0 Å². The van der Waals surface area contributed by atoms with E-state index in [1.54, 1.807) is 0 Å². The number of nitrogens with one attached hydrogen (secondary N) is 3. The number of nitrogens with zero attached hydrogens (tertiary/aromatic N) is 2. The van der Waals surface area contributed by atoms with Gasteiger partial charge in [0.15, 0.2) is 5.69 Å². The standard InChI is InChI=1S/C23H11Cl2F2N5O2/c24-10-3-9(4-12(27)5-10)22(33)29-16-7-14-17(8-28)31-32-21(14)19-18(16)20(30-23(19)34)13-6-11(26)1-2-15(13)25/h1-7,20H,(H,29,33)(H,30,34)(H,31,32). The molecule has 11 heteroatoms. The highest BCUT2D eigenvalue weighted by molar-refractivity contribution is 6.32. The predicted octanol–water partition coefficient (Wildman–Crippen LogP) is 5.10. The lowest BCUT2D eigenvalue weighted by Gasteiger charge is -2.18. The van der Waals surface area contributed by atoms with Gasteiger partial charge in [0.25, 0.3) is 11.8 Å². The van der Waals surface area contributed by atoms with Crippen molar-refractivity contribution < 1.29 is 18.4 Å². The van der Waals surface area contributed by atoms with Gasteiger partial charge in [0.1, 0.15) is 17.7 Å². The van der Waals surface area contributed by atoms with Gasteiger partial charge in [-0.3, -0.25) is 14.7 Å². The molecule has 0 spiro atoms. The summed E-state index contributed by atoms with van der Waals surface area (Å²) >= 11 is 12.2. The van der Waals surface area contributed by atoms with E-state index in [1.165, 1.54) is 30.3 Å². The van der Waals surface area contributed by atoms with Gasteiger partial charge in [0.05, 0.1) is 17.1 Å². The van der Waals surface area contributed by atoms with Crippen molar-refractivity contribution in [3.8, 4) is 6.07 Å². The van der Waals surface area contributed by atoms with E-state index in [9.17, 15) is 23.6 Å². The maximum absolute atomic E-state index is 14.0. The zero-order valence-electron chi connectivity index (χ0n) is 16.8. The van der Waals surface area contributed by atoms with E-state index in [4.69, 9.17) is 23.2 Å². The van der Waals surface area contributed by atoms with Crippen molar-refractivity contribution in [2.24, 2.45) is 0 Å². The molecular weight excluding hydrogens is 487 g/mol. The van der Waals surface area contributed by atoms with Crippen LogP contribution in [0.2, 0.25) is 10.0 Å². The van der Waals surface area contributed by atoms with Crippen LogP contribution >= 0.6 is 23.2 Å². The molecular formula is C23H11Cl2F2N5O2. The lowest BCUT2D eigenvalue weighted by Crippen LogP contribution is -2.21. The molecule has 0 radical (unpaired) electrons. The van der Waals surface area contributed by atoms with Crippen molar-refractivity contribution in [1.29, 1.82) is 5.26 Å². The molecule has 3 aromatic carbocycles. The summed E-state index contributed by atoms with van der Waals surface area (Å²) in [4.78, 5) is 26.0. The molecule has 0 saturated heterocycles. The fourth-order valence-electron chi connectivity index (χ4n) is 4.02. The maximum Gasteiger partial charge on any atom is 0.255 e. The Morgan fingerprint density at radius 1 is 1.12 bits per heavy atom. The number of hydrogen-bond acceptors (Lipinski definition) is 4. The maximum atomic E-state index is 14.0. The molecule has 1 aromatic heterocycles. The van der Waals surface area contributed by atoms with Gasteiger partial charge in [0, 0.05) is 37.8 Å².